The molecule has 1 aromatic carbocycles. The van der Waals surface area contributed by atoms with Crippen LogP contribution in [0.4, 0.5) is 5.69 Å². The van der Waals surface area contributed by atoms with Crippen LogP contribution in [0.1, 0.15) is 37.0 Å². The Bertz CT molecular complexity index is 743. The van der Waals surface area contributed by atoms with Crippen molar-refractivity contribution in [2.45, 2.75) is 44.6 Å². The molecule has 1 heterocycles. The Morgan fingerprint density at radius 3 is 2.78 bits per heavy atom. The third-order valence-corrected chi connectivity index (χ3v) is 5.49. The van der Waals surface area contributed by atoms with E-state index in [1.165, 1.54) is 12.0 Å². The van der Waals surface area contributed by atoms with Gasteiger partial charge in [-0.05, 0) is 58.0 Å². The number of anilines is 1. The van der Waals surface area contributed by atoms with E-state index in [0.29, 0.717) is 6.04 Å². The molecule has 1 aromatic heterocycles. The minimum atomic E-state index is 0.166. The van der Waals surface area contributed by atoms with Gasteiger partial charge in [0.2, 0.25) is 5.91 Å². The molecule has 2 aliphatic carbocycles. The highest BCUT2D eigenvalue weighted by Gasteiger charge is 2.27. The van der Waals surface area contributed by atoms with Crippen molar-refractivity contribution >= 4 is 22.6 Å². The summed E-state index contributed by atoms with van der Waals surface area (Å²) in [4.78, 5) is 14.5. The summed E-state index contributed by atoms with van der Waals surface area (Å²) in [5.74, 6) is 1.50. The number of rotatable bonds is 3. The molecule has 0 saturated heterocycles. The minimum Gasteiger partial charge on any atom is -0.461 e. The lowest BCUT2D eigenvalue weighted by molar-refractivity contribution is -0.122. The van der Waals surface area contributed by atoms with Crippen LogP contribution in [0.25, 0.3) is 11.0 Å². The number of amides is 1. The third kappa shape index (κ3) is 2.65. The van der Waals surface area contributed by atoms with E-state index in [9.17, 15) is 4.79 Å². The van der Waals surface area contributed by atoms with Crippen molar-refractivity contribution in [1.29, 1.82) is 0 Å². The van der Waals surface area contributed by atoms with Crippen LogP contribution in [0.5, 0.6) is 0 Å². The van der Waals surface area contributed by atoms with Gasteiger partial charge < -0.3 is 14.6 Å². The van der Waals surface area contributed by atoms with E-state index in [-0.39, 0.29) is 11.8 Å². The highest BCUT2D eigenvalue weighted by Crippen LogP contribution is 2.35. The number of benzene rings is 1. The summed E-state index contributed by atoms with van der Waals surface area (Å²) in [5, 5.41) is 4.24. The lowest BCUT2D eigenvalue weighted by atomic mass is 9.85. The predicted molar refractivity (Wildman–Crippen MR) is 91.7 cm³/mol. The van der Waals surface area contributed by atoms with Crippen molar-refractivity contribution in [3.8, 4) is 0 Å². The van der Waals surface area contributed by atoms with E-state index in [2.05, 4.69) is 30.4 Å². The molecule has 0 aliphatic heterocycles. The van der Waals surface area contributed by atoms with Crippen LogP contribution in [0, 0.1) is 5.92 Å². The van der Waals surface area contributed by atoms with Crippen molar-refractivity contribution in [3.63, 3.8) is 0 Å². The molecule has 0 spiro atoms. The van der Waals surface area contributed by atoms with Crippen LogP contribution in [0.15, 0.2) is 22.6 Å². The SMILES string of the molecule is CN(C)C1CCc2oc3ccc(NC(=O)C4CCC4)cc3c2C1. The third-order valence-electron chi connectivity index (χ3n) is 5.49. The van der Waals surface area contributed by atoms with Crippen LogP contribution in [0.3, 0.4) is 0 Å². The van der Waals surface area contributed by atoms with E-state index >= 15 is 0 Å². The topological polar surface area (TPSA) is 45.5 Å². The molecule has 1 amide bonds. The number of nitrogens with one attached hydrogen (secondary N) is 1. The Hall–Kier alpha value is -1.81. The molecular formula is C19H24N2O2. The number of fused-ring (bicyclic) bond motifs is 3. The minimum absolute atomic E-state index is 0.166. The van der Waals surface area contributed by atoms with Crippen LogP contribution in [0.2, 0.25) is 0 Å². The fourth-order valence-corrected chi connectivity index (χ4v) is 3.69. The van der Waals surface area contributed by atoms with Gasteiger partial charge in [0.25, 0.3) is 0 Å². The van der Waals surface area contributed by atoms with Crippen molar-refractivity contribution in [2.75, 3.05) is 19.4 Å². The summed E-state index contributed by atoms with van der Waals surface area (Å²) < 4.78 is 6.03. The maximum Gasteiger partial charge on any atom is 0.227 e. The number of furan rings is 1. The van der Waals surface area contributed by atoms with Crippen molar-refractivity contribution in [1.82, 2.24) is 4.90 Å². The summed E-state index contributed by atoms with van der Waals surface area (Å²) in [5.41, 5.74) is 3.16. The van der Waals surface area contributed by atoms with Crippen LogP contribution in [-0.2, 0) is 17.6 Å². The number of nitrogens with zero attached hydrogens (tertiary/aromatic N) is 1. The zero-order valence-corrected chi connectivity index (χ0v) is 13.9. The second-order valence-corrected chi connectivity index (χ2v) is 7.19. The Morgan fingerprint density at radius 1 is 1.26 bits per heavy atom. The number of carbonyl (C=O) groups excluding carboxylic acids is 1. The molecule has 4 nitrogen and oxygen atoms in total. The molecule has 1 saturated carbocycles. The van der Waals surface area contributed by atoms with Crippen molar-refractivity contribution < 1.29 is 9.21 Å². The van der Waals surface area contributed by atoms with Gasteiger partial charge in [-0.1, -0.05) is 6.42 Å². The first-order chi connectivity index (χ1) is 11.1. The first-order valence-electron chi connectivity index (χ1n) is 8.63. The van der Waals surface area contributed by atoms with Gasteiger partial charge in [-0.3, -0.25) is 4.79 Å². The fourth-order valence-electron chi connectivity index (χ4n) is 3.69. The molecule has 4 rings (SSSR count). The summed E-state index contributed by atoms with van der Waals surface area (Å²) in [6, 6.07) is 6.61. The van der Waals surface area contributed by atoms with Gasteiger partial charge in [0.05, 0.1) is 0 Å². The van der Waals surface area contributed by atoms with E-state index in [4.69, 9.17) is 4.42 Å². The maximum atomic E-state index is 12.2. The van der Waals surface area contributed by atoms with Crippen LogP contribution < -0.4 is 5.32 Å². The molecule has 23 heavy (non-hydrogen) atoms. The van der Waals surface area contributed by atoms with Gasteiger partial charge >= 0.3 is 0 Å². The zero-order chi connectivity index (χ0) is 16.0. The normalized spacial score (nSPS) is 21.3. The summed E-state index contributed by atoms with van der Waals surface area (Å²) in [7, 11) is 4.28. The Balaban J connectivity index is 1.63. The van der Waals surface area contributed by atoms with E-state index < -0.39 is 0 Å². The first kappa shape index (κ1) is 14.8. The summed E-state index contributed by atoms with van der Waals surface area (Å²) in [6.07, 6.45) is 6.40. The molecule has 0 radical (unpaired) electrons. The average Bonchev–Trinajstić information content (AvgIpc) is 2.82. The zero-order valence-electron chi connectivity index (χ0n) is 13.9. The number of carbonyl (C=O) groups is 1. The van der Waals surface area contributed by atoms with Gasteiger partial charge in [-0.15, -0.1) is 0 Å². The maximum absolute atomic E-state index is 12.2. The highest BCUT2D eigenvalue weighted by molar-refractivity contribution is 5.96. The van der Waals surface area contributed by atoms with E-state index in [1.54, 1.807) is 0 Å². The number of hydrogen-bond donors (Lipinski definition) is 1. The fraction of sp³-hybridized carbons (Fsp3) is 0.526. The van der Waals surface area contributed by atoms with Gasteiger partial charge in [0, 0.05) is 35.0 Å². The number of hydrogen-bond acceptors (Lipinski definition) is 3. The highest BCUT2D eigenvalue weighted by atomic mass is 16.3. The largest absolute Gasteiger partial charge is 0.461 e. The predicted octanol–water partition coefficient (Wildman–Crippen LogP) is 3.59. The molecular weight excluding hydrogens is 288 g/mol. The smallest absolute Gasteiger partial charge is 0.227 e. The number of aryl methyl sites for hydroxylation is 1. The average molecular weight is 312 g/mol. The quantitative estimate of drug-likeness (QED) is 0.942. The molecule has 122 valence electrons. The van der Waals surface area contributed by atoms with Gasteiger partial charge in [-0.2, -0.15) is 0 Å². The summed E-state index contributed by atoms with van der Waals surface area (Å²) in [6.45, 7) is 0. The molecule has 0 bridgehead atoms. The molecule has 4 heteroatoms. The van der Waals surface area contributed by atoms with Gasteiger partial charge in [0.1, 0.15) is 11.3 Å². The molecule has 1 fully saturated rings. The van der Waals surface area contributed by atoms with Gasteiger partial charge in [-0.25, -0.2) is 0 Å². The van der Waals surface area contributed by atoms with Crippen LogP contribution >= 0.6 is 0 Å². The molecule has 1 atom stereocenters. The van der Waals surface area contributed by atoms with Gasteiger partial charge in [0.15, 0.2) is 0 Å². The lowest BCUT2D eigenvalue weighted by Crippen LogP contribution is -2.33. The number of likely N-dealkylation sites (N-methyl/N-ethyl adjacent to an activating group) is 1. The summed E-state index contributed by atoms with van der Waals surface area (Å²) >= 11 is 0. The Kier molecular flexibility index (Phi) is 3.64. The second kappa shape index (κ2) is 5.68. The Labute approximate surface area is 136 Å². The molecule has 2 aromatic rings. The standard InChI is InChI=1S/C19H24N2O2/c1-21(2)14-7-9-18-16(11-14)15-10-13(6-8-17(15)23-18)20-19(22)12-4-3-5-12/h6,8,10,12,14H,3-5,7,9,11H2,1-2H3,(H,20,22). The molecule has 2 aliphatic rings. The van der Waals surface area contributed by atoms with Crippen molar-refractivity contribution in [3.05, 3.63) is 29.5 Å². The lowest BCUT2D eigenvalue weighted by Gasteiger charge is -2.27. The van der Waals surface area contributed by atoms with Crippen molar-refractivity contribution in [2.24, 2.45) is 5.92 Å². The van der Waals surface area contributed by atoms with E-state index in [0.717, 1.165) is 54.5 Å². The second-order valence-electron chi connectivity index (χ2n) is 7.19. The van der Waals surface area contributed by atoms with Crippen LogP contribution in [-0.4, -0.2) is 30.9 Å². The Morgan fingerprint density at radius 2 is 2.09 bits per heavy atom. The molecule has 1 unspecified atom stereocenters. The van der Waals surface area contributed by atoms with E-state index in [1.807, 2.05) is 12.1 Å². The molecule has 1 N–H and O–H groups in total. The monoisotopic (exact) mass is 312 g/mol. The first-order valence-corrected chi connectivity index (χ1v) is 8.63.